The number of rotatable bonds is 14. The molecule has 1 aliphatic heterocycles. The lowest BCUT2D eigenvalue weighted by Gasteiger charge is -2.36. The van der Waals surface area contributed by atoms with Crippen molar-refractivity contribution in [2.75, 3.05) is 19.4 Å². The fraction of sp³-hybridized carbons (Fsp3) is 0.500. The van der Waals surface area contributed by atoms with E-state index in [1.54, 1.807) is 60.8 Å². The van der Waals surface area contributed by atoms with E-state index in [1.807, 2.05) is 49.4 Å². The van der Waals surface area contributed by atoms with Gasteiger partial charge < -0.3 is 29.7 Å². The molecule has 1 saturated heterocycles. The maximum atomic E-state index is 14.7. The van der Waals surface area contributed by atoms with Crippen molar-refractivity contribution in [3.63, 3.8) is 0 Å². The van der Waals surface area contributed by atoms with E-state index >= 15 is 0 Å². The first-order valence-corrected chi connectivity index (χ1v) is 20.9. The fourth-order valence-corrected chi connectivity index (χ4v) is 8.14. The Hall–Kier alpha value is -5.18. The second-order valence-electron chi connectivity index (χ2n) is 16.8. The lowest BCUT2D eigenvalue weighted by Crippen LogP contribution is -2.60. The van der Waals surface area contributed by atoms with Crippen LogP contribution in [0.1, 0.15) is 74.1 Å². The first-order valence-electron chi connectivity index (χ1n) is 19.2. The maximum absolute atomic E-state index is 14.7. The highest BCUT2D eigenvalue weighted by atomic mass is 32.2. The monoisotopic (exact) mass is 805 g/mol. The SMILES string of the molecule is C=C[C@@H]1C[C@]1(NC(=O)[C@@H]1C[C@@H](Oc2cc(-c3ccccc3)nc3cc(OC)ccc23)CN1C(=O)[C@@H](NC(=O)OC(C)(C)C)C(C)(C)C)C(=O)NS(=O)(=O)CCCC. The summed E-state index contributed by atoms with van der Waals surface area (Å²) in [6.07, 6.45) is 1.04. The van der Waals surface area contributed by atoms with Gasteiger partial charge in [-0.15, -0.1) is 6.58 Å². The van der Waals surface area contributed by atoms with Crippen molar-refractivity contribution < 1.29 is 41.8 Å². The van der Waals surface area contributed by atoms with Gasteiger partial charge in [0.2, 0.25) is 21.8 Å². The fourth-order valence-electron chi connectivity index (χ4n) is 6.91. The molecule has 2 fully saturated rings. The van der Waals surface area contributed by atoms with Crippen LogP contribution in [0.3, 0.4) is 0 Å². The van der Waals surface area contributed by atoms with E-state index < -0.39 is 74.5 Å². The number of sulfonamides is 1. The van der Waals surface area contributed by atoms with Gasteiger partial charge in [-0.25, -0.2) is 18.2 Å². The van der Waals surface area contributed by atoms with Gasteiger partial charge in [0.15, 0.2) is 0 Å². The zero-order valence-electron chi connectivity index (χ0n) is 34.0. The number of likely N-dealkylation sites (tertiary alicyclic amines) is 1. The van der Waals surface area contributed by atoms with E-state index in [4.69, 9.17) is 19.2 Å². The van der Waals surface area contributed by atoms with Gasteiger partial charge >= 0.3 is 6.09 Å². The minimum atomic E-state index is -3.97. The molecule has 308 valence electrons. The number of ether oxygens (including phenoxy) is 3. The summed E-state index contributed by atoms with van der Waals surface area (Å²) in [5, 5.41) is 6.20. The Labute approximate surface area is 335 Å². The van der Waals surface area contributed by atoms with Crippen molar-refractivity contribution in [3.05, 3.63) is 67.3 Å². The highest BCUT2D eigenvalue weighted by Crippen LogP contribution is 2.45. The number of methoxy groups -OCH3 is 1. The molecule has 15 heteroatoms. The summed E-state index contributed by atoms with van der Waals surface area (Å²) < 4.78 is 45.3. The summed E-state index contributed by atoms with van der Waals surface area (Å²) in [4.78, 5) is 62.0. The molecule has 0 radical (unpaired) electrons. The number of carbonyl (C=O) groups excluding carboxylic acids is 4. The van der Waals surface area contributed by atoms with Crippen molar-refractivity contribution in [2.45, 2.75) is 103 Å². The molecule has 3 aromatic rings. The number of carbonyl (C=O) groups is 4. The molecule has 4 amide bonds. The number of hydrogen-bond donors (Lipinski definition) is 3. The van der Waals surface area contributed by atoms with Gasteiger partial charge in [0.25, 0.3) is 5.91 Å². The maximum Gasteiger partial charge on any atom is 0.408 e. The van der Waals surface area contributed by atoms with Crippen molar-refractivity contribution in [1.82, 2.24) is 25.2 Å². The van der Waals surface area contributed by atoms with Crippen LogP contribution in [-0.4, -0.2) is 90.9 Å². The minimum Gasteiger partial charge on any atom is -0.497 e. The van der Waals surface area contributed by atoms with Gasteiger partial charge in [0, 0.05) is 35.4 Å². The van der Waals surface area contributed by atoms with E-state index in [2.05, 4.69) is 21.9 Å². The molecule has 0 unspecified atom stereocenters. The van der Waals surface area contributed by atoms with Crippen molar-refractivity contribution in [1.29, 1.82) is 0 Å². The van der Waals surface area contributed by atoms with Crippen LogP contribution >= 0.6 is 0 Å². The third-order valence-electron chi connectivity index (χ3n) is 10.0. The van der Waals surface area contributed by atoms with Gasteiger partial charge in [-0.1, -0.05) is 70.5 Å². The molecule has 2 aliphatic rings. The van der Waals surface area contributed by atoms with Gasteiger partial charge in [0.1, 0.15) is 40.8 Å². The summed E-state index contributed by atoms with van der Waals surface area (Å²) in [6, 6.07) is 14.5. The van der Waals surface area contributed by atoms with Crippen LogP contribution in [0.5, 0.6) is 11.5 Å². The molecular weight excluding hydrogens is 751 g/mol. The zero-order valence-corrected chi connectivity index (χ0v) is 34.8. The Morgan fingerprint density at radius 2 is 1.75 bits per heavy atom. The van der Waals surface area contributed by atoms with Gasteiger partial charge in [-0.2, -0.15) is 0 Å². The van der Waals surface area contributed by atoms with E-state index in [9.17, 15) is 27.6 Å². The number of alkyl carbamates (subject to hydrolysis) is 1. The Morgan fingerprint density at radius 3 is 2.35 bits per heavy atom. The number of nitrogens with zero attached hydrogens (tertiary/aromatic N) is 2. The topological polar surface area (TPSA) is 182 Å². The predicted octanol–water partition coefficient (Wildman–Crippen LogP) is 5.51. The zero-order chi connectivity index (χ0) is 41.9. The molecule has 5 atom stereocenters. The van der Waals surface area contributed by atoms with Crippen LogP contribution in [0, 0.1) is 11.3 Å². The summed E-state index contributed by atoms with van der Waals surface area (Å²) in [7, 11) is -2.41. The highest BCUT2D eigenvalue weighted by molar-refractivity contribution is 7.90. The van der Waals surface area contributed by atoms with Gasteiger partial charge in [0.05, 0.1) is 30.6 Å². The average molecular weight is 806 g/mol. The number of aromatic nitrogens is 1. The summed E-state index contributed by atoms with van der Waals surface area (Å²) in [5.41, 5.74) is -1.19. The van der Waals surface area contributed by atoms with E-state index in [-0.39, 0.29) is 25.1 Å². The highest BCUT2D eigenvalue weighted by Gasteiger charge is 2.61. The molecule has 2 heterocycles. The number of fused-ring (bicyclic) bond motifs is 1. The molecule has 1 saturated carbocycles. The number of hydrogen-bond acceptors (Lipinski definition) is 10. The van der Waals surface area contributed by atoms with Crippen molar-refractivity contribution in [3.8, 4) is 22.8 Å². The van der Waals surface area contributed by atoms with Gasteiger partial charge in [-0.3, -0.25) is 19.1 Å². The second kappa shape index (κ2) is 16.7. The quantitative estimate of drug-likeness (QED) is 0.176. The number of benzene rings is 2. The van der Waals surface area contributed by atoms with Crippen LogP contribution in [0.2, 0.25) is 0 Å². The second-order valence-corrected chi connectivity index (χ2v) is 18.6. The first kappa shape index (κ1) is 43.0. The Kier molecular flexibility index (Phi) is 12.6. The van der Waals surface area contributed by atoms with E-state index in [0.29, 0.717) is 40.9 Å². The van der Waals surface area contributed by atoms with E-state index in [0.717, 1.165) is 5.56 Å². The van der Waals surface area contributed by atoms with E-state index in [1.165, 1.54) is 11.0 Å². The molecule has 0 spiro atoms. The smallest absolute Gasteiger partial charge is 0.408 e. The van der Waals surface area contributed by atoms with Crippen LogP contribution in [0.15, 0.2) is 67.3 Å². The van der Waals surface area contributed by atoms with Crippen molar-refractivity contribution >= 4 is 44.7 Å². The molecule has 1 aromatic heterocycles. The lowest BCUT2D eigenvalue weighted by atomic mass is 9.85. The number of unbranched alkanes of at least 4 members (excludes halogenated alkanes) is 1. The Morgan fingerprint density at radius 1 is 1.05 bits per heavy atom. The van der Waals surface area contributed by atoms with Crippen LogP contribution in [0.25, 0.3) is 22.2 Å². The summed E-state index contributed by atoms with van der Waals surface area (Å²) in [6.45, 7) is 16.0. The third-order valence-corrected chi connectivity index (χ3v) is 11.4. The van der Waals surface area contributed by atoms with Crippen molar-refractivity contribution in [2.24, 2.45) is 11.3 Å². The molecule has 3 N–H and O–H groups in total. The number of amides is 4. The predicted molar refractivity (Wildman–Crippen MR) is 217 cm³/mol. The summed E-state index contributed by atoms with van der Waals surface area (Å²) in [5.74, 6) is -1.85. The summed E-state index contributed by atoms with van der Waals surface area (Å²) >= 11 is 0. The normalized spacial score (nSPS) is 21.3. The molecule has 0 bridgehead atoms. The minimum absolute atomic E-state index is 0.00671. The average Bonchev–Trinajstić information content (AvgIpc) is 3.70. The Bertz CT molecular complexity index is 2110. The van der Waals surface area contributed by atoms with Crippen LogP contribution in [0.4, 0.5) is 4.79 Å². The molecule has 57 heavy (non-hydrogen) atoms. The Balaban J connectivity index is 1.51. The first-order chi connectivity index (χ1) is 26.7. The largest absolute Gasteiger partial charge is 0.497 e. The van der Waals surface area contributed by atoms with Crippen LogP contribution < -0.4 is 24.8 Å². The third kappa shape index (κ3) is 10.2. The van der Waals surface area contributed by atoms with Crippen LogP contribution in [-0.2, 0) is 29.1 Å². The lowest BCUT2D eigenvalue weighted by molar-refractivity contribution is -0.143. The molecule has 2 aromatic carbocycles. The molecule has 14 nitrogen and oxygen atoms in total. The van der Waals surface area contributed by atoms with Gasteiger partial charge in [-0.05, 0) is 51.2 Å². The number of pyridine rings is 1. The standard InChI is InChI=1S/C42H55N5O9S/c1-10-12-20-57(52,53)46-38(50)42(24-27(42)11-2)45-36(48)33-22-29(25-47(33)37(49)35(40(3,4)5)44-39(51)56-41(6,7)8)55-34-23-31(26-16-14-13-15-17-26)43-32-21-28(54-9)18-19-30(32)34/h11,13-19,21,23,27,29,33,35H,2,10,12,20,22,24-25H2,1,3-9H3,(H,44,51)(H,45,48)(H,46,50)/t27-,29-,33+,35-,42-/m1/s1. The molecule has 1 aliphatic carbocycles. The molecular formula is C42H55N5O9S. The number of nitrogens with one attached hydrogen (secondary N) is 3. The molecule has 5 rings (SSSR count).